The fourth-order valence-electron chi connectivity index (χ4n) is 2.24. The molecule has 2 amide bonds. The van der Waals surface area contributed by atoms with Crippen LogP contribution in [-0.4, -0.2) is 54.7 Å². The molecule has 0 heterocycles. The Hall–Kier alpha value is -1.30. The van der Waals surface area contributed by atoms with Crippen molar-refractivity contribution in [2.24, 2.45) is 11.8 Å². The van der Waals surface area contributed by atoms with E-state index in [-0.39, 0.29) is 12.0 Å². The monoisotopic (exact) mass is 301 g/mol. The minimum atomic E-state index is -0.993. The van der Waals surface area contributed by atoms with Gasteiger partial charge in [-0.15, -0.1) is 0 Å². The zero-order valence-electron chi connectivity index (χ0n) is 14.1. The molecule has 0 aliphatic carbocycles. The lowest BCUT2D eigenvalue weighted by molar-refractivity contribution is -0.140. The first-order valence-corrected chi connectivity index (χ1v) is 7.61. The lowest BCUT2D eigenvalue weighted by Crippen LogP contribution is -2.53. The molecule has 1 unspecified atom stereocenters. The van der Waals surface area contributed by atoms with Crippen LogP contribution in [0.5, 0.6) is 0 Å². The van der Waals surface area contributed by atoms with Crippen LogP contribution in [0.25, 0.3) is 0 Å². The molecule has 0 fully saturated rings. The maximum Gasteiger partial charge on any atom is 0.326 e. The Bertz CT molecular complexity index is 322. The molecule has 124 valence electrons. The quantitative estimate of drug-likeness (QED) is 0.606. The molecule has 0 radical (unpaired) electrons. The molecular formula is C15H31N3O3. The van der Waals surface area contributed by atoms with E-state index in [2.05, 4.69) is 24.5 Å². The van der Waals surface area contributed by atoms with Crippen molar-refractivity contribution in [2.45, 2.75) is 52.6 Å². The molecule has 0 aliphatic heterocycles. The van der Waals surface area contributed by atoms with Crippen LogP contribution in [0.1, 0.15) is 40.5 Å². The number of carboxylic acids is 1. The van der Waals surface area contributed by atoms with Crippen molar-refractivity contribution < 1.29 is 14.7 Å². The smallest absolute Gasteiger partial charge is 0.326 e. The van der Waals surface area contributed by atoms with Gasteiger partial charge < -0.3 is 20.6 Å². The standard InChI is InChI=1S/C15H31N3O3/c1-7-11(4)13(14(19)20)17-15(21)16-12(8-10(2)3)9-18(5)6/h10-13H,7-9H2,1-6H3,(H,19,20)(H2,16,17,21)/t11-,12?,13-/m0/s1. The third-order valence-electron chi connectivity index (χ3n) is 3.44. The van der Waals surface area contributed by atoms with Crippen molar-refractivity contribution in [2.75, 3.05) is 20.6 Å². The predicted octanol–water partition coefficient (Wildman–Crippen LogP) is 1.76. The van der Waals surface area contributed by atoms with Crippen LogP contribution in [0.2, 0.25) is 0 Å². The highest BCUT2D eigenvalue weighted by Gasteiger charge is 2.26. The largest absolute Gasteiger partial charge is 0.480 e. The average Bonchev–Trinajstić information content (AvgIpc) is 2.32. The molecule has 21 heavy (non-hydrogen) atoms. The Labute approximate surface area is 128 Å². The summed E-state index contributed by atoms with van der Waals surface area (Å²) >= 11 is 0. The normalized spacial score (nSPS) is 15.6. The van der Waals surface area contributed by atoms with Crippen LogP contribution in [0.4, 0.5) is 4.79 Å². The molecule has 0 aromatic heterocycles. The fraction of sp³-hybridized carbons (Fsp3) is 0.867. The molecular weight excluding hydrogens is 270 g/mol. The van der Waals surface area contributed by atoms with Gasteiger partial charge in [-0.3, -0.25) is 0 Å². The highest BCUT2D eigenvalue weighted by molar-refractivity contribution is 5.82. The van der Waals surface area contributed by atoms with E-state index in [1.807, 2.05) is 32.8 Å². The van der Waals surface area contributed by atoms with E-state index in [4.69, 9.17) is 0 Å². The molecule has 0 rings (SSSR count). The topological polar surface area (TPSA) is 81.7 Å². The zero-order valence-corrected chi connectivity index (χ0v) is 14.1. The van der Waals surface area contributed by atoms with Crippen LogP contribution in [0.15, 0.2) is 0 Å². The molecule has 3 atom stereocenters. The molecule has 0 aromatic carbocycles. The van der Waals surface area contributed by atoms with Crippen molar-refractivity contribution in [3.63, 3.8) is 0 Å². The van der Waals surface area contributed by atoms with E-state index in [0.717, 1.165) is 13.0 Å². The van der Waals surface area contributed by atoms with Gasteiger partial charge in [0, 0.05) is 12.6 Å². The highest BCUT2D eigenvalue weighted by Crippen LogP contribution is 2.09. The van der Waals surface area contributed by atoms with E-state index in [0.29, 0.717) is 12.3 Å². The molecule has 0 saturated carbocycles. The Balaban J connectivity index is 4.62. The zero-order chi connectivity index (χ0) is 16.6. The summed E-state index contributed by atoms with van der Waals surface area (Å²) in [6.07, 6.45) is 1.55. The van der Waals surface area contributed by atoms with Gasteiger partial charge in [-0.2, -0.15) is 0 Å². The number of likely N-dealkylation sites (N-methyl/N-ethyl adjacent to an activating group) is 1. The number of rotatable bonds is 9. The van der Waals surface area contributed by atoms with Gasteiger partial charge in [-0.1, -0.05) is 34.1 Å². The first kappa shape index (κ1) is 19.7. The van der Waals surface area contributed by atoms with Crippen molar-refractivity contribution >= 4 is 12.0 Å². The summed E-state index contributed by atoms with van der Waals surface area (Å²) in [7, 11) is 3.90. The number of nitrogens with one attached hydrogen (secondary N) is 2. The number of aliphatic carboxylic acids is 1. The fourth-order valence-corrected chi connectivity index (χ4v) is 2.24. The van der Waals surface area contributed by atoms with Gasteiger partial charge in [-0.05, 0) is 32.4 Å². The van der Waals surface area contributed by atoms with Gasteiger partial charge in [0.15, 0.2) is 0 Å². The predicted molar refractivity (Wildman–Crippen MR) is 84.3 cm³/mol. The van der Waals surface area contributed by atoms with Crippen LogP contribution < -0.4 is 10.6 Å². The number of hydrogen-bond acceptors (Lipinski definition) is 3. The summed E-state index contributed by atoms with van der Waals surface area (Å²) in [4.78, 5) is 25.3. The Morgan fingerprint density at radius 2 is 1.71 bits per heavy atom. The Kier molecular flexibility index (Phi) is 9.01. The Morgan fingerprint density at radius 1 is 1.14 bits per heavy atom. The van der Waals surface area contributed by atoms with Crippen LogP contribution >= 0.6 is 0 Å². The number of carbonyl (C=O) groups excluding carboxylic acids is 1. The van der Waals surface area contributed by atoms with E-state index in [1.165, 1.54) is 0 Å². The van der Waals surface area contributed by atoms with Gasteiger partial charge in [0.2, 0.25) is 0 Å². The second kappa shape index (κ2) is 9.60. The number of carboxylic acid groups (broad SMARTS) is 1. The average molecular weight is 301 g/mol. The molecule has 6 heteroatoms. The SMILES string of the molecule is CC[C@H](C)[C@H](NC(=O)NC(CC(C)C)CN(C)C)C(=O)O. The van der Waals surface area contributed by atoms with E-state index >= 15 is 0 Å². The van der Waals surface area contributed by atoms with Crippen molar-refractivity contribution in [3.05, 3.63) is 0 Å². The first-order valence-electron chi connectivity index (χ1n) is 7.61. The second-order valence-electron chi connectivity index (χ2n) is 6.41. The summed E-state index contributed by atoms with van der Waals surface area (Å²) in [5.74, 6) is -0.641. The van der Waals surface area contributed by atoms with Crippen molar-refractivity contribution in [1.29, 1.82) is 0 Å². The van der Waals surface area contributed by atoms with Gasteiger partial charge in [-0.25, -0.2) is 9.59 Å². The molecule has 0 bridgehead atoms. The van der Waals surface area contributed by atoms with Crippen LogP contribution in [-0.2, 0) is 4.79 Å². The van der Waals surface area contributed by atoms with Gasteiger partial charge in [0.1, 0.15) is 6.04 Å². The molecule has 3 N–H and O–H groups in total. The number of amides is 2. The minimum Gasteiger partial charge on any atom is -0.480 e. The van der Waals surface area contributed by atoms with Gasteiger partial charge in [0.25, 0.3) is 0 Å². The molecule has 0 spiro atoms. The maximum atomic E-state index is 12.0. The maximum absolute atomic E-state index is 12.0. The van der Waals surface area contributed by atoms with E-state index < -0.39 is 18.0 Å². The van der Waals surface area contributed by atoms with Crippen molar-refractivity contribution in [3.8, 4) is 0 Å². The third kappa shape index (κ3) is 8.55. The third-order valence-corrected chi connectivity index (χ3v) is 3.44. The van der Waals surface area contributed by atoms with Crippen LogP contribution in [0, 0.1) is 11.8 Å². The molecule has 6 nitrogen and oxygen atoms in total. The summed E-state index contributed by atoms with van der Waals surface area (Å²) in [6.45, 7) is 8.66. The summed E-state index contributed by atoms with van der Waals surface area (Å²) in [5, 5.41) is 14.7. The van der Waals surface area contributed by atoms with Gasteiger partial charge >= 0.3 is 12.0 Å². The summed E-state index contributed by atoms with van der Waals surface area (Å²) < 4.78 is 0. The van der Waals surface area contributed by atoms with E-state index in [1.54, 1.807) is 0 Å². The highest BCUT2D eigenvalue weighted by atomic mass is 16.4. The van der Waals surface area contributed by atoms with Crippen molar-refractivity contribution in [1.82, 2.24) is 15.5 Å². The molecule has 0 aromatic rings. The number of nitrogens with zero attached hydrogens (tertiary/aromatic N) is 1. The lowest BCUT2D eigenvalue weighted by atomic mass is 9.99. The van der Waals surface area contributed by atoms with Gasteiger partial charge in [0.05, 0.1) is 0 Å². The number of hydrogen-bond donors (Lipinski definition) is 3. The number of urea groups is 1. The second-order valence-corrected chi connectivity index (χ2v) is 6.41. The van der Waals surface area contributed by atoms with E-state index in [9.17, 15) is 14.7 Å². The Morgan fingerprint density at radius 3 is 2.10 bits per heavy atom. The summed E-state index contributed by atoms with van der Waals surface area (Å²) in [6, 6.07) is -1.25. The molecule has 0 saturated heterocycles. The summed E-state index contributed by atoms with van der Waals surface area (Å²) in [5.41, 5.74) is 0. The lowest BCUT2D eigenvalue weighted by Gasteiger charge is -2.26. The molecule has 0 aliphatic rings. The number of carbonyl (C=O) groups is 2. The first-order chi connectivity index (χ1) is 9.67. The van der Waals surface area contributed by atoms with Crippen LogP contribution in [0.3, 0.4) is 0 Å². The minimum absolute atomic E-state index is 0.00591.